The average Bonchev–Trinajstić information content (AvgIpc) is 3.49. The van der Waals surface area contributed by atoms with Crippen LogP contribution in [0.4, 0.5) is 0 Å². The van der Waals surface area contributed by atoms with Gasteiger partial charge in [0.05, 0.1) is 29.7 Å². The van der Waals surface area contributed by atoms with Crippen molar-refractivity contribution in [1.82, 2.24) is 19.8 Å². The van der Waals surface area contributed by atoms with Gasteiger partial charge >= 0.3 is 0 Å². The molecule has 192 valence electrons. The van der Waals surface area contributed by atoms with Gasteiger partial charge in [0.25, 0.3) is 0 Å². The smallest absolute Gasteiger partial charge is 0.240 e. The zero-order valence-corrected chi connectivity index (χ0v) is 22.0. The topological polar surface area (TPSA) is 83.2 Å². The first-order chi connectivity index (χ1) is 18.1. The molecule has 2 aliphatic heterocycles. The molecule has 0 spiro atoms. The molecule has 1 fully saturated rings. The van der Waals surface area contributed by atoms with E-state index in [2.05, 4.69) is 16.4 Å². The molecule has 1 saturated heterocycles. The minimum absolute atomic E-state index is 0. The average molecular weight is 546 g/mol. The highest BCUT2D eigenvalue weighted by Crippen LogP contribution is 2.36. The normalized spacial score (nSPS) is 18.6. The van der Waals surface area contributed by atoms with E-state index < -0.39 is 0 Å². The molecule has 2 aliphatic rings. The third-order valence-corrected chi connectivity index (χ3v) is 7.20. The molecular weight excluding hydrogens is 521 g/mol. The van der Waals surface area contributed by atoms with E-state index >= 15 is 0 Å². The Bertz CT molecular complexity index is 1530. The van der Waals surface area contributed by atoms with Crippen LogP contribution < -0.4 is 10.1 Å². The summed E-state index contributed by atoms with van der Waals surface area (Å²) in [5, 5.41) is 13.8. The van der Waals surface area contributed by atoms with Gasteiger partial charge < -0.3 is 19.5 Å². The molecule has 0 saturated carbocycles. The van der Waals surface area contributed by atoms with E-state index in [9.17, 15) is 10.1 Å². The number of hydrogen-bond donors (Lipinski definition) is 1. The van der Waals surface area contributed by atoms with Crippen LogP contribution in [0.3, 0.4) is 0 Å². The Balaban J connectivity index is 0.00000294. The fourth-order valence-corrected chi connectivity index (χ4v) is 5.35. The number of benzene rings is 3. The number of nitrogens with zero attached hydrogens (tertiary/aromatic N) is 4. The molecule has 38 heavy (non-hydrogen) atoms. The monoisotopic (exact) mass is 545 g/mol. The van der Waals surface area contributed by atoms with Crippen LogP contribution in [0.5, 0.6) is 11.5 Å². The number of hydrogen-bond acceptors (Lipinski definition) is 5. The van der Waals surface area contributed by atoms with E-state index in [1.165, 1.54) is 0 Å². The lowest BCUT2D eigenvalue weighted by Gasteiger charge is -2.30. The van der Waals surface area contributed by atoms with Crippen LogP contribution in [0.25, 0.3) is 0 Å². The predicted octanol–water partition coefficient (Wildman–Crippen LogP) is 5.46. The molecule has 4 aromatic rings. The second-order valence-corrected chi connectivity index (χ2v) is 9.78. The summed E-state index contributed by atoms with van der Waals surface area (Å²) in [5.74, 6) is 1.13. The minimum Gasteiger partial charge on any atom is -0.456 e. The van der Waals surface area contributed by atoms with E-state index in [0.717, 1.165) is 22.4 Å². The standard InChI is InChI=1S/C29H24ClN5O2.ClH/c30-23-5-1-3-20(12-23)28-21-4-2-6-25(13-21)37-27-11-19(7-8-22(27)14-31)17-34-18-32-15-24(34)16-33-26-9-10-35(28)29(26)36;/h1-8,11-13,15,18,26,28,33H,9-10,16-17H2;1H/t26-,28?;/m1./s1. The number of ether oxygens (including phenoxy) is 1. The van der Waals surface area contributed by atoms with Gasteiger partial charge in [0.2, 0.25) is 5.91 Å². The van der Waals surface area contributed by atoms with Gasteiger partial charge in [-0.05, 0) is 59.5 Å². The minimum atomic E-state index is -0.332. The number of carbonyl (C=O) groups is 1. The molecule has 0 aliphatic carbocycles. The Labute approximate surface area is 232 Å². The molecule has 1 amide bonds. The lowest BCUT2D eigenvalue weighted by molar-refractivity contribution is -0.130. The van der Waals surface area contributed by atoms with Gasteiger partial charge in [-0.15, -0.1) is 12.4 Å². The molecule has 1 aromatic heterocycles. The van der Waals surface area contributed by atoms with Gasteiger partial charge in [-0.25, -0.2) is 4.98 Å². The highest BCUT2D eigenvalue weighted by molar-refractivity contribution is 6.30. The summed E-state index contributed by atoms with van der Waals surface area (Å²) in [6.07, 6.45) is 4.29. The maximum atomic E-state index is 13.7. The van der Waals surface area contributed by atoms with Crippen molar-refractivity contribution in [3.8, 4) is 17.6 Å². The summed E-state index contributed by atoms with van der Waals surface area (Å²) in [6.45, 7) is 1.69. The first kappa shape index (κ1) is 25.8. The number of nitriles is 1. The van der Waals surface area contributed by atoms with Crippen LogP contribution in [0, 0.1) is 11.3 Å². The lowest BCUT2D eigenvalue weighted by atomic mass is 9.97. The largest absolute Gasteiger partial charge is 0.456 e. The van der Waals surface area contributed by atoms with E-state index in [4.69, 9.17) is 16.3 Å². The van der Waals surface area contributed by atoms with Crippen LogP contribution in [0.1, 0.15) is 40.4 Å². The predicted molar refractivity (Wildman–Crippen MR) is 147 cm³/mol. The van der Waals surface area contributed by atoms with E-state index in [1.54, 1.807) is 12.4 Å². The molecule has 0 radical (unpaired) electrons. The third-order valence-electron chi connectivity index (χ3n) is 6.97. The number of amides is 1. The Morgan fingerprint density at radius 1 is 1.08 bits per heavy atom. The van der Waals surface area contributed by atoms with Gasteiger partial charge in [-0.1, -0.05) is 41.9 Å². The van der Waals surface area contributed by atoms with Crippen LogP contribution in [-0.2, 0) is 17.9 Å². The molecule has 2 atom stereocenters. The molecule has 1 N–H and O–H groups in total. The molecular formula is C29H25Cl2N5O2. The van der Waals surface area contributed by atoms with Crippen LogP contribution in [-0.4, -0.2) is 32.9 Å². The van der Waals surface area contributed by atoms with E-state index in [-0.39, 0.29) is 30.4 Å². The van der Waals surface area contributed by atoms with Crippen molar-refractivity contribution in [2.75, 3.05) is 6.54 Å². The number of aromatic nitrogens is 2. The second-order valence-electron chi connectivity index (χ2n) is 9.34. The van der Waals surface area contributed by atoms with Gasteiger partial charge in [-0.3, -0.25) is 4.79 Å². The second kappa shape index (κ2) is 10.9. The number of halogens is 2. The number of rotatable bonds is 1. The summed E-state index contributed by atoms with van der Waals surface area (Å²) in [7, 11) is 0. The van der Waals surface area contributed by atoms with Crippen molar-refractivity contribution in [2.45, 2.75) is 31.6 Å². The van der Waals surface area contributed by atoms with Crippen molar-refractivity contribution in [3.05, 3.63) is 112 Å². The van der Waals surface area contributed by atoms with Crippen molar-refractivity contribution in [1.29, 1.82) is 5.26 Å². The molecule has 6 bridgehead atoms. The highest BCUT2D eigenvalue weighted by atomic mass is 35.5. The van der Waals surface area contributed by atoms with Crippen molar-refractivity contribution in [2.24, 2.45) is 0 Å². The fraction of sp³-hybridized carbons (Fsp3) is 0.207. The summed E-state index contributed by atoms with van der Waals surface area (Å²) in [4.78, 5) is 19.9. The maximum absolute atomic E-state index is 13.7. The zero-order valence-electron chi connectivity index (χ0n) is 20.4. The van der Waals surface area contributed by atoms with Crippen molar-refractivity contribution >= 4 is 29.9 Å². The summed E-state index contributed by atoms with van der Waals surface area (Å²) < 4.78 is 8.31. The summed E-state index contributed by atoms with van der Waals surface area (Å²) >= 11 is 6.37. The Kier molecular flexibility index (Phi) is 7.39. The van der Waals surface area contributed by atoms with Gasteiger partial charge in [0.15, 0.2) is 0 Å². The number of fused-ring (bicyclic) bond motifs is 7. The SMILES string of the molecule is Cl.N#Cc1ccc2cc1Oc1cccc(c1)C(c1cccc(Cl)c1)N1CC[C@@H](NCc3cncn3C2)C1=O. The van der Waals surface area contributed by atoms with Crippen molar-refractivity contribution < 1.29 is 9.53 Å². The quantitative estimate of drug-likeness (QED) is 0.343. The van der Waals surface area contributed by atoms with Crippen molar-refractivity contribution in [3.63, 3.8) is 0 Å². The Morgan fingerprint density at radius 3 is 2.71 bits per heavy atom. The Morgan fingerprint density at radius 2 is 1.89 bits per heavy atom. The molecule has 7 nitrogen and oxygen atoms in total. The fourth-order valence-electron chi connectivity index (χ4n) is 5.16. The Hall–Kier alpha value is -3.83. The molecule has 6 rings (SSSR count). The van der Waals surface area contributed by atoms with E-state index in [0.29, 0.717) is 48.1 Å². The third kappa shape index (κ3) is 4.99. The first-order valence-electron chi connectivity index (χ1n) is 12.2. The number of nitrogens with one attached hydrogen (secondary N) is 1. The number of imidazole rings is 1. The molecule has 1 unspecified atom stereocenters. The summed E-state index contributed by atoms with van der Waals surface area (Å²) in [6, 6.07) is 22.6. The number of carbonyl (C=O) groups excluding carboxylic acids is 1. The highest BCUT2D eigenvalue weighted by Gasteiger charge is 2.37. The van der Waals surface area contributed by atoms with Crippen LogP contribution in [0.15, 0.2) is 79.3 Å². The molecule has 3 heterocycles. The summed E-state index contributed by atoms with van der Waals surface area (Å²) in [5.41, 5.74) is 4.25. The van der Waals surface area contributed by atoms with Gasteiger partial charge in [0, 0.05) is 30.9 Å². The molecule has 3 aromatic carbocycles. The first-order valence-corrected chi connectivity index (χ1v) is 12.6. The maximum Gasteiger partial charge on any atom is 0.240 e. The van der Waals surface area contributed by atoms with Gasteiger partial charge in [0.1, 0.15) is 17.6 Å². The zero-order chi connectivity index (χ0) is 25.4. The van der Waals surface area contributed by atoms with Crippen LogP contribution >= 0.6 is 24.0 Å². The van der Waals surface area contributed by atoms with Gasteiger partial charge in [-0.2, -0.15) is 5.26 Å². The lowest BCUT2D eigenvalue weighted by Crippen LogP contribution is -2.40. The van der Waals surface area contributed by atoms with E-state index in [1.807, 2.05) is 76.3 Å². The van der Waals surface area contributed by atoms with Crippen LogP contribution in [0.2, 0.25) is 5.02 Å². The molecule has 9 heteroatoms.